The third-order valence-electron chi connectivity index (χ3n) is 5.09. The van der Waals surface area contributed by atoms with Gasteiger partial charge in [-0.1, -0.05) is 42.5 Å². The number of hydrogen-bond donors (Lipinski definition) is 1. The Morgan fingerprint density at radius 2 is 1.66 bits per heavy atom. The van der Waals surface area contributed by atoms with E-state index in [2.05, 4.69) is 5.32 Å². The average Bonchev–Trinajstić information content (AvgIpc) is 3.07. The van der Waals surface area contributed by atoms with E-state index in [1.807, 2.05) is 30.3 Å². The zero-order chi connectivity index (χ0) is 20.9. The van der Waals surface area contributed by atoms with E-state index in [1.54, 1.807) is 4.90 Å². The van der Waals surface area contributed by atoms with Crippen LogP contribution in [0.3, 0.4) is 0 Å². The summed E-state index contributed by atoms with van der Waals surface area (Å²) in [7, 11) is 0. The van der Waals surface area contributed by atoms with Crippen molar-refractivity contribution in [3.63, 3.8) is 0 Å². The standard InChI is InChI=1S/C22H23F3N2O2/c23-22(24,25)19-8-6-17(7-9-19)10-12-26-21(29)18-14-20(28)27(15-18)13-11-16-4-2-1-3-5-16/h1-9,18H,10-15H2,(H,26,29). The average molecular weight is 404 g/mol. The molecule has 0 aliphatic carbocycles. The van der Waals surface area contributed by atoms with Crippen molar-refractivity contribution in [1.29, 1.82) is 0 Å². The zero-order valence-corrected chi connectivity index (χ0v) is 15.9. The molecule has 0 radical (unpaired) electrons. The number of alkyl halides is 3. The molecule has 4 nitrogen and oxygen atoms in total. The van der Waals surface area contributed by atoms with E-state index in [-0.39, 0.29) is 24.2 Å². The van der Waals surface area contributed by atoms with Crippen LogP contribution in [0.5, 0.6) is 0 Å². The number of nitrogens with zero attached hydrogens (tertiary/aromatic N) is 1. The Kier molecular flexibility index (Phi) is 6.56. The van der Waals surface area contributed by atoms with Crippen LogP contribution in [0.2, 0.25) is 0 Å². The minimum Gasteiger partial charge on any atom is -0.355 e. The number of halogens is 3. The van der Waals surface area contributed by atoms with Gasteiger partial charge in [-0.15, -0.1) is 0 Å². The van der Waals surface area contributed by atoms with E-state index < -0.39 is 11.7 Å². The van der Waals surface area contributed by atoms with Crippen LogP contribution >= 0.6 is 0 Å². The second-order valence-electron chi connectivity index (χ2n) is 7.21. The summed E-state index contributed by atoms with van der Waals surface area (Å²) in [6.45, 7) is 1.30. The van der Waals surface area contributed by atoms with E-state index in [9.17, 15) is 22.8 Å². The summed E-state index contributed by atoms with van der Waals surface area (Å²) in [5, 5.41) is 2.79. The lowest BCUT2D eigenvalue weighted by Gasteiger charge is -2.16. The van der Waals surface area contributed by atoms with Crippen LogP contribution in [0.15, 0.2) is 54.6 Å². The molecule has 0 aromatic heterocycles. The lowest BCUT2D eigenvalue weighted by atomic mass is 10.1. The normalized spacial score (nSPS) is 16.9. The number of rotatable bonds is 7. The Balaban J connectivity index is 1.42. The van der Waals surface area contributed by atoms with Crippen LogP contribution in [0, 0.1) is 5.92 Å². The fraction of sp³-hybridized carbons (Fsp3) is 0.364. The van der Waals surface area contributed by atoms with Crippen molar-refractivity contribution in [2.75, 3.05) is 19.6 Å². The molecule has 154 valence electrons. The smallest absolute Gasteiger partial charge is 0.355 e. The Labute approximate surface area is 167 Å². The number of benzene rings is 2. The number of likely N-dealkylation sites (tertiary alicyclic amines) is 1. The highest BCUT2D eigenvalue weighted by molar-refractivity contribution is 5.89. The van der Waals surface area contributed by atoms with Crippen LogP contribution in [-0.2, 0) is 28.6 Å². The molecule has 2 amide bonds. The number of carbonyl (C=O) groups excluding carboxylic acids is 2. The molecular formula is C22H23F3N2O2. The van der Waals surface area contributed by atoms with Gasteiger partial charge >= 0.3 is 6.18 Å². The molecule has 1 fully saturated rings. The second-order valence-corrected chi connectivity index (χ2v) is 7.21. The maximum atomic E-state index is 12.6. The third-order valence-corrected chi connectivity index (χ3v) is 5.09. The van der Waals surface area contributed by atoms with Crippen molar-refractivity contribution in [3.05, 3.63) is 71.3 Å². The van der Waals surface area contributed by atoms with Crippen LogP contribution < -0.4 is 5.32 Å². The minimum atomic E-state index is -4.35. The summed E-state index contributed by atoms with van der Waals surface area (Å²) in [5.74, 6) is -0.595. The highest BCUT2D eigenvalue weighted by Crippen LogP contribution is 2.29. The Hall–Kier alpha value is -2.83. The number of amides is 2. The van der Waals surface area contributed by atoms with Gasteiger partial charge in [-0.25, -0.2) is 0 Å². The molecule has 0 saturated carbocycles. The van der Waals surface area contributed by atoms with Gasteiger partial charge < -0.3 is 10.2 Å². The highest BCUT2D eigenvalue weighted by atomic mass is 19.4. The molecule has 1 unspecified atom stereocenters. The maximum absolute atomic E-state index is 12.6. The number of carbonyl (C=O) groups is 2. The molecule has 2 aromatic carbocycles. The molecular weight excluding hydrogens is 381 g/mol. The molecule has 2 aromatic rings. The molecule has 1 atom stereocenters. The summed E-state index contributed by atoms with van der Waals surface area (Å²) >= 11 is 0. The van der Waals surface area contributed by atoms with E-state index in [0.29, 0.717) is 31.6 Å². The largest absolute Gasteiger partial charge is 0.416 e. The summed E-state index contributed by atoms with van der Waals surface area (Å²) in [6.07, 6.45) is -2.98. The minimum absolute atomic E-state index is 0.0242. The topological polar surface area (TPSA) is 49.4 Å². The van der Waals surface area contributed by atoms with Crippen molar-refractivity contribution < 1.29 is 22.8 Å². The molecule has 29 heavy (non-hydrogen) atoms. The van der Waals surface area contributed by atoms with Gasteiger partial charge in [0.2, 0.25) is 11.8 Å². The van der Waals surface area contributed by atoms with Crippen LogP contribution in [-0.4, -0.2) is 36.3 Å². The van der Waals surface area contributed by atoms with Crippen LogP contribution in [0.25, 0.3) is 0 Å². The predicted octanol–water partition coefficient (Wildman–Crippen LogP) is 3.46. The molecule has 1 N–H and O–H groups in total. The molecule has 1 aliphatic heterocycles. The molecule has 1 saturated heterocycles. The van der Waals surface area contributed by atoms with Gasteiger partial charge in [-0.3, -0.25) is 9.59 Å². The summed E-state index contributed by atoms with van der Waals surface area (Å²) in [6, 6.07) is 14.8. The van der Waals surface area contributed by atoms with Gasteiger partial charge in [-0.05, 0) is 36.1 Å². The first-order valence-corrected chi connectivity index (χ1v) is 9.58. The van der Waals surface area contributed by atoms with Gasteiger partial charge in [0.25, 0.3) is 0 Å². The van der Waals surface area contributed by atoms with Crippen molar-refractivity contribution >= 4 is 11.8 Å². The van der Waals surface area contributed by atoms with E-state index in [4.69, 9.17) is 0 Å². The first-order valence-electron chi connectivity index (χ1n) is 9.58. The molecule has 1 aliphatic rings. The van der Waals surface area contributed by atoms with Gasteiger partial charge in [0.15, 0.2) is 0 Å². The third kappa shape index (κ3) is 5.82. The van der Waals surface area contributed by atoms with Crippen molar-refractivity contribution in [3.8, 4) is 0 Å². The van der Waals surface area contributed by atoms with Gasteiger partial charge in [-0.2, -0.15) is 13.2 Å². The van der Waals surface area contributed by atoms with Crippen molar-refractivity contribution in [2.24, 2.45) is 5.92 Å². The van der Waals surface area contributed by atoms with Crippen LogP contribution in [0.1, 0.15) is 23.1 Å². The first kappa shape index (κ1) is 20.9. The lowest BCUT2D eigenvalue weighted by Crippen LogP contribution is -2.34. The van der Waals surface area contributed by atoms with Gasteiger partial charge in [0.05, 0.1) is 11.5 Å². The second kappa shape index (κ2) is 9.11. The Morgan fingerprint density at radius 1 is 1.00 bits per heavy atom. The lowest BCUT2D eigenvalue weighted by molar-refractivity contribution is -0.137. The van der Waals surface area contributed by atoms with E-state index in [0.717, 1.165) is 24.1 Å². The van der Waals surface area contributed by atoms with E-state index in [1.165, 1.54) is 12.1 Å². The fourth-order valence-corrected chi connectivity index (χ4v) is 3.41. The van der Waals surface area contributed by atoms with Gasteiger partial charge in [0.1, 0.15) is 0 Å². The first-order chi connectivity index (χ1) is 13.8. The molecule has 0 spiro atoms. The number of hydrogen-bond acceptors (Lipinski definition) is 2. The quantitative estimate of drug-likeness (QED) is 0.769. The van der Waals surface area contributed by atoms with E-state index >= 15 is 0 Å². The summed E-state index contributed by atoms with van der Waals surface area (Å²) < 4.78 is 37.7. The molecule has 1 heterocycles. The summed E-state index contributed by atoms with van der Waals surface area (Å²) in [4.78, 5) is 26.2. The Morgan fingerprint density at radius 3 is 2.31 bits per heavy atom. The molecule has 3 rings (SSSR count). The van der Waals surface area contributed by atoms with Crippen molar-refractivity contribution in [1.82, 2.24) is 10.2 Å². The zero-order valence-electron chi connectivity index (χ0n) is 15.9. The van der Waals surface area contributed by atoms with Crippen LogP contribution in [0.4, 0.5) is 13.2 Å². The SMILES string of the molecule is O=C(NCCc1ccc(C(F)(F)F)cc1)C1CC(=O)N(CCc2ccccc2)C1. The molecule has 7 heteroatoms. The monoisotopic (exact) mass is 404 g/mol. The molecule has 0 bridgehead atoms. The van der Waals surface area contributed by atoms with Gasteiger partial charge in [0, 0.05) is 26.1 Å². The Bertz CT molecular complexity index is 835. The summed E-state index contributed by atoms with van der Waals surface area (Å²) in [5.41, 5.74) is 1.17. The maximum Gasteiger partial charge on any atom is 0.416 e. The highest BCUT2D eigenvalue weighted by Gasteiger charge is 2.33. The van der Waals surface area contributed by atoms with Crippen molar-refractivity contribution in [2.45, 2.75) is 25.4 Å². The predicted molar refractivity (Wildman–Crippen MR) is 103 cm³/mol. The fourth-order valence-electron chi connectivity index (χ4n) is 3.41. The number of nitrogens with one attached hydrogen (secondary N) is 1.